The van der Waals surface area contributed by atoms with Crippen LogP contribution in [0.4, 0.5) is 27.6 Å². The first-order chi connectivity index (χ1) is 18.0. The maximum absolute atomic E-state index is 14.0. The molecule has 0 bridgehead atoms. The van der Waals surface area contributed by atoms with Gasteiger partial charge in [-0.1, -0.05) is 6.92 Å². The Kier molecular flexibility index (Phi) is 8.26. The van der Waals surface area contributed by atoms with Crippen molar-refractivity contribution < 1.29 is 22.0 Å². The molecular formula is C23H19F5N10. The van der Waals surface area contributed by atoms with Crippen molar-refractivity contribution in [3.05, 3.63) is 76.9 Å². The van der Waals surface area contributed by atoms with E-state index in [1.165, 1.54) is 0 Å². The summed E-state index contributed by atoms with van der Waals surface area (Å²) in [5.41, 5.74) is 13.5. The third kappa shape index (κ3) is 5.69. The van der Waals surface area contributed by atoms with Gasteiger partial charge in [-0.3, -0.25) is 5.41 Å². The number of nitriles is 1. The highest BCUT2D eigenvalue weighted by atomic mass is 19.4. The topological polar surface area (TPSA) is 176 Å². The quantitative estimate of drug-likeness (QED) is 0.107. The maximum Gasteiger partial charge on any atom is 0.451 e. The second-order valence-electron chi connectivity index (χ2n) is 7.62. The molecule has 0 fully saturated rings. The number of halogens is 5. The average molecular weight is 530 g/mol. The van der Waals surface area contributed by atoms with Gasteiger partial charge >= 0.3 is 6.18 Å². The molecule has 1 unspecified atom stereocenters. The summed E-state index contributed by atoms with van der Waals surface area (Å²) in [5.74, 6) is -3.94. The predicted molar refractivity (Wildman–Crippen MR) is 127 cm³/mol. The zero-order valence-electron chi connectivity index (χ0n) is 19.5. The Bertz CT molecular complexity index is 1450. The first-order valence-electron chi connectivity index (χ1n) is 10.7. The van der Waals surface area contributed by atoms with E-state index in [2.05, 4.69) is 30.4 Å². The smallest absolute Gasteiger partial charge is 0.382 e. The Balaban J connectivity index is 2.18. The number of alkyl halides is 3. The second kappa shape index (κ2) is 11.4. The van der Waals surface area contributed by atoms with Gasteiger partial charge in [0.2, 0.25) is 5.82 Å². The van der Waals surface area contributed by atoms with Crippen molar-refractivity contribution in [1.29, 1.82) is 16.2 Å². The van der Waals surface area contributed by atoms with E-state index in [1.54, 1.807) is 6.92 Å². The van der Waals surface area contributed by atoms with Crippen LogP contribution >= 0.6 is 0 Å². The Morgan fingerprint density at radius 3 is 2.53 bits per heavy atom. The summed E-state index contributed by atoms with van der Waals surface area (Å²) < 4.78 is 66.5. The molecule has 0 saturated heterocycles. The number of anilines is 1. The number of nitrogens with zero attached hydrogens (tertiary/aromatic N) is 5. The lowest BCUT2D eigenvalue weighted by Gasteiger charge is -2.15. The van der Waals surface area contributed by atoms with E-state index in [4.69, 9.17) is 16.7 Å². The molecule has 196 valence electrons. The Hall–Kier alpha value is -5.00. The molecule has 1 aromatic carbocycles. The van der Waals surface area contributed by atoms with Crippen LogP contribution in [0.25, 0.3) is 11.1 Å². The molecule has 3 rings (SSSR count). The minimum Gasteiger partial charge on any atom is -0.382 e. The van der Waals surface area contributed by atoms with Gasteiger partial charge in [0.1, 0.15) is 29.9 Å². The summed E-state index contributed by atoms with van der Waals surface area (Å²) in [7, 11) is 0. The molecule has 1 atom stereocenters. The number of benzene rings is 1. The van der Waals surface area contributed by atoms with Crippen LogP contribution < -0.4 is 11.1 Å². The number of aliphatic imine (C=N–C) groups is 1. The predicted octanol–water partition coefficient (Wildman–Crippen LogP) is 5.43. The highest BCUT2D eigenvalue weighted by Gasteiger charge is 2.35. The number of nitrogens with two attached hydrogens (primary N) is 1. The third-order valence-corrected chi connectivity index (χ3v) is 5.34. The number of nitrogens with one attached hydrogen (secondary N) is 4. The molecule has 0 saturated carbocycles. The number of allylic oxidation sites excluding steroid dienone is 1. The lowest BCUT2D eigenvalue weighted by atomic mass is 9.93. The van der Waals surface area contributed by atoms with Crippen LogP contribution in [0, 0.1) is 33.9 Å². The molecule has 38 heavy (non-hydrogen) atoms. The van der Waals surface area contributed by atoms with E-state index in [1.807, 2.05) is 6.07 Å². The summed E-state index contributed by atoms with van der Waals surface area (Å²) in [4.78, 5) is 13.3. The zero-order valence-corrected chi connectivity index (χ0v) is 19.5. The van der Waals surface area contributed by atoms with Crippen molar-refractivity contribution in [2.24, 2.45) is 15.8 Å². The van der Waals surface area contributed by atoms with Gasteiger partial charge in [0.25, 0.3) is 0 Å². The molecule has 0 spiro atoms. The third-order valence-electron chi connectivity index (χ3n) is 5.34. The molecule has 0 radical (unpaired) electrons. The normalized spacial score (nSPS) is 13.1. The molecule has 0 aliphatic heterocycles. The molecule has 6 N–H and O–H groups in total. The summed E-state index contributed by atoms with van der Waals surface area (Å²) in [6.45, 7) is 1.70. The van der Waals surface area contributed by atoms with Crippen molar-refractivity contribution in [2.45, 2.75) is 25.4 Å². The van der Waals surface area contributed by atoms with Crippen molar-refractivity contribution in [2.75, 3.05) is 5.32 Å². The lowest BCUT2D eigenvalue weighted by Crippen LogP contribution is -2.16. The molecule has 0 aliphatic carbocycles. The molecule has 0 amide bonds. The Labute approximate surface area is 212 Å². The monoisotopic (exact) mass is 530 g/mol. The van der Waals surface area contributed by atoms with Gasteiger partial charge in [0, 0.05) is 47.4 Å². The number of H-pyrrole nitrogens is 1. The number of hydrogen-bond acceptors (Lipinski definition) is 7. The van der Waals surface area contributed by atoms with Crippen LogP contribution in [0.1, 0.15) is 42.0 Å². The van der Waals surface area contributed by atoms with Crippen LogP contribution in [-0.2, 0) is 6.18 Å². The van der Waals surface area contributed by atoms with Gasteiger partial charge in [-0.05, 0) is 18.6 Å². The summed E-state index contributed by atoms with van der Waals surface area (Å²) in [5, 5.41) is 23.3. The van der Waals surface area contributed by atoms with E-state index in [0.717, 1.165) is 36.8 Å². The summed E-state index contributed by atoms with van der Waals surface area (Å²) in [6.07, 6.45) is -1.02. The van der Waals surface area contributed by atoms with E-state index in [0.29, 0.717) is 6.34 Å². The molecule has 10 nitrogen and oxygen atoms in total. The number of amidine groups is 1. The van der Waals surface area contributed by atoms with Gasteiger partial charge in [0.05, 0.1) is 22.6 Å². The van der Waals surface area contributed by atoms with Crippen LogP contribution in [0.3, 0.4) is 0 Å². The highest BCUT2D eigenvalue weighted by Crippen LogP contribution is 2.38. The van der Waals surface area contributed by atoms with E-state index >= 15 is 0 Å². The highest BCUT2D eigenvalue weighted by molar-refractivity contribution is 6.06. The largest absolute Gasteiger partial charge is 0.451 e. The van der Waals surface area contributed by atoms with Gasteiger partial charge in [-0.2, -0.15) is 23.5 Å². The van der Waals surface area contributed by atoms with Crippen molar-refractivity contribution in [3.63, 3.8) is 0 Å². The molecule has 0 aliphatic rings. The van der Waals surface area contributed by atoms with Crippen LogP contribution in [0.15, 0.2) is 52.6 Å². The second-order valence-corrected chi connectivity index (χ2v) is 7.62. The first kappa shape index (κ1) is 27.6. The zero-order chi connectivity index (χ0) is 28.0. The number of aromatic nitrogens is 3. The van der Waals surface area contributed by atoms with Gasteiger partial charge in [-0.15, -0.1) is 0 Å². The molecular weight excluding hydrogens is 511 g/mol. The van der Waals surface area contributed by atoms with Crippen LogP contribution in [-0.4, -0.2) is 27.1 Å². The Morgan fingerprint density at radius 1 is 1.29 bits per heavy atom. The van der Waals surface area contributed by atoms with Crippen LogP contribution in [0.2, 0.25) is 0 Å². The fourth-order valence-electron chi connectivity index (χ4n) is 3.65. The number of hydrogen-bond donors (Lipinski definition) is 5. The number of aromatic amines is 1. The first-order valence-corrected chi connectivity index (χ1v) is 10.7. The molecule has 2 aromatic heterocycles. The maximum atomic E-state index is 14.0. The lowest BCUT2D eigenvalue weighted by molar-refractivity contribution is -0.144. The van der Waals surface area contributed by atoms with E-state index in [-0.39, 0.29) is 51.7 Å². The van der Waals surface area contributed by atoms with Gasteiger partial charge in [-0.25, -0.2) is 29.3 Å². The minimum atomic E-state index is -4.79. The SMILES string of the molecule is CCC(/C(=C/Nc1cc(F)ccc1F)N=N)c1[nH]c(/C(N)=N\C=N)c(-c2cnc(C(F)(F)F)nc2)c1C#N. The van der Waals surface area contributed by atoms with Crippen molar-refractivity contribution in [3.8, 4) is 17.2 Å². The molecule has 2 heterocycles. The van der Waals surface area contributed by atoms with Gasteiger partial charge < -0.3 is 16.0 Å². The summed E-state index contributed by atoms with van der Waals surface area (Å²) in [6, 6.07) is 4.72. The van der Waals surface area contributed by atoms with Crippen molar-refractivity contribution >= 4 is 17.9 Å². The average Bonchev–Trinajstić information content (AvgIpc) is 3.27. The van der Waals surface area contributed by atoms with Crippen molar-refractivity contribution in [1.82, 2.24) is 15.0 Å². The van der Waals surface area contributed by atoms with Gasteiger partial charge in [0.15, 0.2) is 0 Å². The van der Waals surface area contributed by atoms with E-state index in [9.17, 15) is 27.2 Å². The fraction of sp³-hybridized carbons (Fsp3) is 0.174. The Morgan fingerprint density at radius 2 is 1.97 bits per heavy atom. The fourth-order valence-corrected chi connectivity index (χ4v) is 3.65. The molecule has 3 aromatic rings. The van der Waals surface area contributed by atoms with E-state index < -0.39 is 29.6 Å². The molecule has 15 heteroatoms. The number of rotatable bonds is 9. The standard InChI is InChI=1S/C23H19F5N10/c1-2-13(17(38-32)9-33-16-5-12(24)3-4-15(16)25)19-14(6-29)18(20(37-19)21(31)36-10-30)11-7-34-22(35-8-11)23(26,27)28/h3-5,7-10,13,32-33,37H,2H2,1H3,(H3,30,31,36)/b17-9-,38-32?. The van der Waals surface area contributed by atoms with Crippen LogP contribution in [0.5, 0.6) is 0 Å². The minimum absolute atomic E-state index is 0.00154. The summed E-state index contributed by atoms with van der Waals surface area (Å²) >= 11 is 0.